The second kappa shape index (κ2) is 9.75. The number of nitrogens with two attached hydrogens (primary N) is 1. The molecule has 4 N–H and O–H groups in total. The fourth-order valence-electron chi connectivity index (χ4n) is 5.00. The van der Waals surface area contributed by atoms with Gasteiger partial charge < -0.3 is 25.7 Å². The summed E-state index contributed by atoms with van der Waals surface area (Å²) in [7, 11) is -3.67. The number of hydrogen-bond donors (Lipinski definition) is 3. The van der Waals surface area contributed by atoms with E-state index in [0.717, 1.165) is 24.9 Å². The molecular weight excluding hydrogens is 536 g/mol. The summed E-state index contributed by atoms with van der Waals surface area (Å²) in [6, 6.07) is 11.4. The molecule has 0 bridgehead atoms. The average Bonchev–Trinajstić information content (AvgIpc) is 3.56. The fourth-order valence-corrected chi connectivity index (χ4v) is 6.46. The molecule has 1 saturated heterocycles. The Balaban J connectivity index is 1.33. The lowest BCUT2D eigenvalue weighted by molar-refractivity contribution is 0.0999. The van der Waals surface area contributed by atoms with Crippen LogP contribution in [0.1, 0.15) is 27.9 Å². The van der Waals surface area contributed by atoms with Crippen LogP contribution in [-0.2, 0) is 27.4 Å². The smallest absolute Gasteiger partial charge is 0.407 e. The number of anilines is 2. The molecule has 0 unspecified atom stereocenters. The predicted molar refractivity (Wildman–Crippen MR) is 146 cm³/mol. The minimum Gasteiger partial charge on any atom is -0.447 e. The lowest BCUT2D eigenvalue weighted by Crippen LogP contribution is -2.33. The van der Waals surface area contributed by atoms with Crippen molar-refractivity contribution in [1.29, 1.82) is 0 Å². The highest BCUT2D eigenvalue weighted by atomic mass is 32.2. The summed E-state index contributed by atoms with van der Waals surface area (Å²) in [5, 5.41) is 5.62. The minimum atomic E-state index is -3.67. The summed E-state index contributed by atoms with van der Waals surface area (Å²) < 4.78 is 31.9. The molecule has 204 valence electrons. The maximum Gasteiger partial charge on any atom is 0.407 e. The molecule has 13 heteroatoms. The molecule has 2 aliphatic rings. The predicted octanol–water partition coefficient (Wildman–Crippen LogP) is 1.99. The van der Waals surface area contributed by atoms with Crippen molar-refractivity contribution in [3.63, 3.8) is 0 Å². The standard InChI is InChI=1S/C27H24N6O6S/c28-24(35)22-12-33(19-7-4-15-2-1-3-16(15)10-19)25-21(23(22)34)11-29-26(32-25)30-17-5-8-20(9-6-17)40(37,38)14-18-13-39-27(36)31-18/h4-12,18H,1-3,13-14H2,(H2,28,35)(H,31,36)(H,29,30,32)/t18-/m0/s1. The van der Waals surface area contributed by atoms with E-state index in [1.54, 1.807) is 16.7 Å². The van der Waals surface area contributed by atoms with Crippen LogP contribution >= 0.6 is 0 Å². The van der Waals surface area contributed by atoms with E-state index in [1.807, 2.05) is 18.2 Å². The van der Waals surface area contributed by atoms with E-state index >= 15 is 0 Å². The highest BCUT2D eigenvalue weighted by Gasteiger charge is 2.28. The van der Waals surface area contributed by atoms with Gasteiger partial charge in [0.25, 0.3) is 5.91 Å². The number of aryl methyl sites for hydroxylation is 2. The van der Waals surface area contributed by atoms with Gasteiger partial charge >= 0.3 is 6.09 Å². The molecular formula is C27H24N6O6S. The third-order valence-electron chi connectivity index (χ3n) is 7.00. The van der Waals surface area contributed by atoms with Gasteiger partial charge in [-0.15, -0.1) is 0 Å². The maximum atomic E-state index is 13.0. The monoisotopic (exact) mass is 560 g/mol. The highest BCUT2D eigenvalue weighted by Crippen LogP contribution is 2.26. The Labute approximate surface area is 228 Å². The summed E-state index contributed by atoms with van der Waals surface area (Å²) in [5.74, 6) is -0.968. The lowest BCUT2D eigenvalue weighted by atomic mass is 10.1. The molecule has 12 nitrogen and oxygen atoms in total. The minimum absolute atomic E-state index is 0.00549. The first-order chi connectivity index (χ1) is 19.2. The van der Waals surface area contributed by atoms with Gasteiger partial charge in [0, 0.05) is 23.8 Å². The summed E-state index contributed by atoms with van der Waals surface area (Å²) >= 11 is 0. The second-order valence-electron chi connectivity index (χ2n) is 9.71. The first-order valence-electron chi connectivity index (χ1n) is 12.6. The number of benzene rings is 2. The van der Waals surface area contributed by atoms with E-state index in [1.165, 1.54) is 35.7 Å². The number of pyridine rings is 1. The van der Waals surface area contributed by atoms with Gasteiger partial charge in [-0.05, 0) is 66.8 Å². The van der Waals surface area contributed by atoms with Crippen molar-refractivity contribution >= 4 is 44.5 Å². The van der Waals surface area contributed by atoms with Crippen LogP contribution in [0.15, 0.2) is 64.5 Å². The zero-order chi connectivity index (χ0) is 28.0. The van der Waals surface area contributed by atoms with Crippen LogP contribution in [0.4, 0.5) is 16.4 Å². The SMILES string of the molecule is NC(=O)c1cn(-c2ccc3c(c2)CCC3)c2nc(Nc3ccc(S(=O)(=O)C[C@@H]4COC(=O)N4)cc3)ncc2c1=O. The Kier molecular flexibility index (Phi) is 6.22. The molecule has 1 fully saturated rings. The molecule has 0 spiro atoms. The number of fused-ring (bicyclic) bond motifs is 2. The van der Waals surface area contributed by atoms with Crippen molar-refractivity contribution in [2.45, 2.75) is 30.2 Å². The number of ether oxygens (including phenoxy) is 1. The maximum absolute atomic E-state index is 13.0. The van der Waals surface area contributed by atoms with Gasteiger partial charge in [-0.2, -0.15) is 4.98 Å². The number of alkyl carbamates (subject to hydrolysis) is 1. The molecule has 1 aliphatic heterocycles. The van der Waals surface area contributed by atoms with Crippen LogP contribution < -0.4 is 21.8 Å². The number of hydrogen-bond acceptors (Lipinski definition) is 9. The molecule has 0 saturated carbocycles. The molecule has 2 amide bonds. The Bertz CT molecular complexity index is 1850. The van der Waals surface area contributed by atoms with Gasteiger partial charge in [0.2, 0.25) is 11.4 Å². The lowest BCUT2D eigenvalue weighted by Gasteiger charge is -2.14. The molecule has 2 aromatic heterocycles. The van der Waals surface area contributed by atoms with E-state index in [-0.39, 0.29) is 39.8 Å². The van der Waals surface area contributed by atoms with Crippen molar-refractivity contribution in [2.24, 2.45) is 5.73 Å². The summed E-state index contributed by atoms with van der Waals surface area (Å²) in [4.78, 5) is 45.1. The number of nitrogens with one attached hydrogen (secondary N) is 2. The topological polar surface area (TPSA) is 175 Å². The third kappa shape index (κ3) is 4.75. The Morgan fingerprint density at radius 2 is 1.90 bits per heavy atom. The number of carbonyl (C=O) groups excluding carboxylic acids is 2. The number of rotatable bonds is 7. The molecule has 4 aromatic rings. The molecule has 1 atom stereocenters. The Hall–Kier alpha value is -4.78. The van der Waals surface area contributed by atoms with Crippen molar-refractivity contribution in [2.75, 3.05) is 17.7 Å². The Morgan fingerprint density at radius 1 is 1.12 bits per heavy atom. The van der Waals surface area contributed by atoms with Crippen molar-refractivity contribution in [3.05, 3.63) is 81.8 Å². The van der Waals surface area contributed by atoms with Crippen LogP contribution in [0.25, 0.3) is 16.7 Å². The number of cyclic esters (lactones) is 1. The van der Waals surface area contributed by atoms with Gasteiger partial charge in [-0.3, -0.25) is 9.59 Å². The van der Waals surface area contributed by atoms with E-state index in [2.05, 4.69) is 20.6 Å². The first-order valence-corrected chi connectivity index (χ1v) is 14.2. The second-order valence-corrected chi connectivity index (χ2v) is 11.7. The van der Waals surface area contributed by atoms with Crippen molar-refractivity contribution < 1.29 is 22.7 Å². The van der Waals surface area contributed by atoms with Crippen molar-refractivity contribution in [3.8, 4) is 5.69 Å². The van der Waals surface area contributed by atoms with Crippen molar-refractivity contribution in [1.82, 2.24) is 19.9 Å². The van der Waals surface area contributed by atoms with Gasteiger partial charge in [0.1, 0.15) is 12.2 Å². The number of carbonyl (C=O) groups is 2. The molecule has 0 radical (unpaired) electrons. The normalized spacial score (nSPS) is 16.4. The first kappa shape index (κ1) is 25.5. The molecule has 2 aromatic carbocycles. The zero-order valence-corrected chi connectivity index (χ0v) is 21.9. The van der Waals surface area contributed by atoms with Gasteiger partial charge in [-0.1, -0.05) is 6.07 Å². The fraction of sp³-hybridized carbons (Fsp3) is 0.222. The van der Waals surface area contributed by atoms with Crippen LogP contribution in [0, 0.1) is 0 Å². The summed E-state index contributed by atoms with van der Waals surface area (Å²) in [6.07, 6.45) is 5.12. The van der Waals surface area contributed by atoms with E-state index < -0.39 is 33.3 Å². The van der Waals surface area contributed by atoms with Gasteiger partial charge in [-0.25, -0.2) is 18.2 Å². The number of aromatic nitrogens is 3. The average molecular weight is 561 g/mol. The van der Waals surface area contributed by atoms with E-state index in [0.29, 0.717) is 5.69 Å². The van der Waals surface area contributed by atoms with Crippen LogP contribution in [-0.4, -0.2) is 53.4 Å². The van der Waals surface area contributed by atoms with E-state index in [4.69, 9.17) is 10.5 Å². The number of amides is 2. The van der Waals surface area contributed by atoms with Crippen LogP contribution in [0.5, 0.6) is 0 Å². The number of nitrogens with zero attached hydrogens (tertiary/aromatic N) is 3. The number of sulfone groups is 1. The van der Waals surface area contributed by atoms with Crippen LogP contribution in [0.3, 0.4) is 0 Å². The molecule has 3 heterocycles. The quantitative estimate of drug-likeness (QED) is 0.305. The largest absolute Gasteiger partial charge is 0.447 e. The molecule has 1 aliphatic carbocycles. The Morgan fingerprint density at radius 3 is 2.62 bits per heavy atom. The van der Waals surface area contributed by atoms with E-state index in [9.17, 15) is 22.8 Å². The van der Waals surface area contributed by atoms with Gasteiger partial charge in [0.05, 0.1) is 22.1 Å². The van der Waals surface area contributed by atoms with Crippen LogP contribution in [0.2, 0.25) is 0 Å². The summed E-state index contributed by atoms with van der Waals surface area (Å²) in [5.41, 5.74) is 8.76. The molecule has 6 rings (SSSR count). The van der Waals surface area contributed by atoms with Gasteiger partial charge in [0.15, 0.2) is 15.5 Å². The third-order valence-corrected chi connectivity index (χ3v) is 8.83. The zero-order valence-electron chi connectivity index (χ0n) is 21.1. The number of primary amides is 1. The molecule has 40 heavy (non-hydrogen) atoms. The summed E-state index contributed by atoms with van der Waals surface area (Å²) in [6.45, 7) is -0.00549. The highest BCUT2D eigenvalue weighted by molar-refractivity contribution is 7.91.